The van der Waals surface area contributed by atoms with Crippen LogP contribution in [0.2, 0.25) is 0 Å². The molecule has 1 aromatic heterocycles. The molecule has 1 N–H and O–H groups in total. The van der Waals surface area contributed by atoms with Crippen LogP contribution in [0.15, 0.2) is 76.3 Å². The zero-order valence-corrected chi connectivity index (χ0v) is 21.4. The first-order valence-corrected chi connectivity index (χ1v) is 12.4. The minimum absolute atomic E-state index is 0.00832. The molecule has 9 heteroatoms. The third-order valence-corrected chi connectivity index (χ3v) is 6.39. The summed E-state index contributed by atoms with van der Waals surface area (Å²) in [5, 5.41) is 6.96. The third-order valence-electron chi connectivity index (χ3n) is 6.39. The van der Waals surface area contributed by atoms with Crippen LogP contribution in [-0.4, -0.2) is 27.0 Å². The van der Waals surface area contributed by atoms with Crippen LogP contribution in [0.3, 0.4) is 0 Å². The summed E-state index contributed by atoms with van der Waals surface area (Å²) in [7, 11) is 0. The number of rotatable bonds is 7. The van der Waals surface area contributed by atoms with Crippen molar-refractivity contribution in [3.8, 4) is 17.2 Å². The molecule has 0 fully saturated rings. The van der Waals surface area contributed by atoms with Crippen molar-refractivity contribution >= 4 is 5.91 Å². The highest BCUT2D eigenvalue weighted by atomic mass is 16.7. The van der Waals surface area contributed by atoms with Crippen molar-refractivity contribution < 1.29 is 14.3 Å². The van der Waals surface area contributed by atoms with Gasteiger partial charge in [0, 0.05) is 6.54 Å². The van der Waals surface area contributed by atoms with Crippen LogP contribution >= 0.6 is 0 Å². The van der Waals surface area contributed by atoms with Crippen LogP contribution in [0.25, 0.3) is 5.69 Å². The van der Waals surface area contributed by atoms with E-state index in [1.54, 1.807) is 30.3 Å². The molecule has 0 aliphatic carbocycles. The van der Waals surface area contributed by atoms with E-state index in [4.69, 9.17) is 9.47 Å². The lowest BCUT2D eigenvalue weighted by Crippen LogP contribution is -2.46. The van der Waals surface area contributed by atoms with Gasteiger partial charge in [0.05, 0.1) is 12.2 Å². The predicted octanol–water partition coefficient (Wildman–Crippen LogP) is 3.53. The zero-order valence-electron chi connectivity index (χ0n) is 21.4. The molecule has 5 rings (SSSR count). The number of aromatic nitrogens is 3. The second-order valence-electron chi connectivity index (χ2n) is 9.54. The Morgan fingerprint density at radius 3 is 2.47 bits per heavy atom. The van der Waals surface area contributed by atoms with Gasteiger partial charge in [0.1, 0.15) is 0 Å². The van der Waals surface area contributed by atoms with Gasteiger partial charge in [0.15, 0.2) is 11.5 Å². The molecule has 0 radical (unpaired) electrons. The van der Waals surface area contributed by atoms with Gasteiger partial charge in [-0.25, -0.2) is 4.79 Å². The molecule has 0 unspecified atom stereocenters. The third kappa shape index (κ3) is 5.08. The summed E-state index contributed by atoms with van der Waals surface area (Å²) in [6.07, 6.45) is 0. The van der Waals surface area contributed by atoms with Crippen molar-refractivity contribution in [1.29, 1.82) is 0 Å². The highest BCUT2D eigenvalue weighted by Crippen LogP contribution is 2.32. The molecule has 194 valence electrons. The van der Waals surface area contributed by atoms with E-state index in [1.807, 2.05) is 43.3 Å². The number of benzene rings is 3. The van der Waals surface area contributed by atoms with Gasteiger partial charge < -0.3 is 14.8 Å². The molecule has 1 amide bonds. The lowest BCUT2D eigenvalue weighted by atomic mass is 10.0. The van der Waals surface area contributed by atoms with Crippen LogP contribution in [0.4, 0.5) is 0 Å². The fraction of sp³-hybridized carbons (Fsp3) is 0.241. The normalized spacial score (nSPS) is 12.1. The molecular weight excluding hydrogens is 484 g/mol. The Morgan fingerprint density at radius 2 is 1.74 bits per heavy atom. The van der Waals surface area contributed by atoms with Crippen molar-refractivity contribution in [2.45, 2.75) is 39.8 Å². The monoisotopic (exact) mass is 512 g/mol. The maximum absolute atomic E-state index is 13.5. The number of fused-ring (bicyclic) bond motifs is 1. The van der Waals surface area contributed by atoms with Gasteiger partial charge in [-0.2, -0.15) is 9.78 Å². The number of hydrogen-bond acceptors (Lipinski definition) is 6. The number of aryl methyl sites for hydroxylation is 1. The second-order valence-corrected chi connectivity index (χ2v) is 9.54. The zero-order chi connectivity index (χ0) is 26.8. The largest absolute Gasteiger partial charge is 0.454 e. The lowest BCUT2D eigenvalue weighted by molar-refractivity contribution is 0.0941. The first-order chi connectivity index (χ1) is 18.3. The highest BCUT2D eigenvalue weighted by Gasteiger charge is 2.21. The smallest absolute Gasteiger partial charge is 0.352 e. The Balaban J connectivity index is 1.52. The average Bonchev–Trinajstić information content (AvgIpc) is 3.38. The lowest BCUT2D eigenvalue weighted by Gasteiger charge is -2.13. The van der Waals surface area contributed by atoms with E-state index in [9.17, 15) is 14.4 Å². The number of carbonyl (C=O) groups is 1. The molecule has 0 atom stereocenters. The van der Waals surface area contributed by atoms with Gasteiger partial charge in [0.25, 0.3) is 11.5 Å². The molecule has 1 aliphatic heterocycles. The summed E-state index contributed by atoms with van der Waals surface area (Å²) in [6, 6.07) is 20.2. The van der Waals surface area contributed by atoms with Gasteiger partial charge >= 0.3 is 5.69 Å². The van der Waals surface area contributed by atoms with Crippen LogP contribution in [0, 0.1) is 6.92 Å². The standard InChI is InChI=1S/C29H28N4O5/c1-18(2)22-8-10-23(11-9-22)33-29(36)32(16-21-6-4-5-19(3)13-21)28(35)26(31-33)27(34)30-15-20-7-12-24-25(14-20)38-17-37-24/h4-14,18H,15-17H2,1-3H3,(H,30,34). The molecule has 38 heavy (non-hydrogen) atoms. The maximum atomic E-state index is 13.5. The fourth-order valence-corrected chi connectivity index (χ4v) is 4.28. The summed E-state index contributed by atoms with van der Waals surface area (Å²) < 4.78 is 12.9. The van der Waals surface area contributed by atoms with Gasteiger partial charge in [-0.1, -0.05) is 61.9 Å². The van der Waals surface area contributed by atoms with E-state index in [-0.39, 0.29) is 25.6 Å². The summed E-state index contributed by atoms with van der Waals surface area (Å²) >= 11 is 0. The Morgan fingerprint density at radius 1 is 0.974 bits per heavy atom. The van der Waals surface area contributed by atoms with Crippen LogP contribution in [0.5, 0.6) is 11.5 Å². The van der Waals surface area contributed by atoms with Crippen molar-refractivity contribution in [3.05, 3.63) is 116 Å². The SMILES string of the molecule is Cc1cccc(Cn2c(=O)c(C(=O)NCc3ccc4c(c3)OCO4)nn(-c3ccc(C(C)C)cc3)c2=O)c1. The van der Waals surface area contributed by atoms with Crippen molar-refractivity contribution in [1.82, 2.24) is 19.7 Å². The molecule has 0 bridgehead atoms. The van der Waals surface area contributed by atoms with Crippen LogP contribution in [-0.2, 0) is 13.1 Å². The van der Waals surface area contributed by atoms with Crippen LogP contribution in [0.1, 0.15) is 52.5 Å². The molecular formula is C29H28N4O5. The number of hydrogen-bond donors (Lipinski definition) is 1. The Hall–Kier alpha value is -4.66. The van der Waals surface area contributed by atoms with E-state index in [2.05, 4.69) is 24.3 Å². The first kappa shape index (κ1) is 25.0. The van der Waals surface area contributed by atoms with E-state index in [0.717, 1.165) is 31.5 Å². The first-order valence-electron chi connectivity index (χ1n) is 12.4. The summed E-state index contributed by atoms with van der Waals surface area (Å²) in [6.45, 7) is 6.37. The van der Waals surface area contributed by atoms with Gasteiger partial charge in [0.2, 0.25) is 12.5 Å². The van der Waals surface area contributed by atoms with E-state index in [0.29, 0.717) is 23.1 Å². The quantitative estimate of drug-likeness (QED) is 0.406. The number of carbonyl (C=O) groups excluding carboxylic acids is 1. The number of amides is 1. The molecule has 1 aliphatic rings. The van der Waals surface area contributed by atoms with Gasteiger partial charge in [-0.3, -0.25) is 14.2 Å². The predicted molar refractivity (Wildman–Crippen MR) is 142 cm³/mol. The van der Waals surface area contributed by atoms with Crippen molar-refractivity contribution in [3.63, 3.8) is 0 Å². The molecule has 9 nitrogen and oxygen atoms in total. The number of nitrogens with one attached hydrogen (secondary N) is 1. The van der Waals surface area contributed by atoms with E-state index in [1.165, 1.54) is 0 Å². The topological polar surface area (TPSA) is 104 Å². The number of ether oxygens (including phenoxy) is 2. The van der Waals surface area contributed by atoms with Gasteiger partial charge in [-0.15, -0.1) is 0 Å². The Kier molecular flexibility index (Phi) is 6.83. The average molecular weight is 513 g/mol. The van der Waals surface area contributed by atoms with Gasteiger partial charge in [-0.05, 0) is 53.8 Å². The Labute approximate surface area is 219 Å². The fourth-order valence-electron chi connectivity index (χ4n) is 4.28. The minimum Gasteiger partial charge on any atom is -0.454 e. The second kappa shape index (κ2) is 10.4. The Bertz CT molecular complexity index is 1620. The molecule has 0 spiro atoms. The number of nitrogens with zero attached hydrogens (tertiary/aromatic N) is 3. The maximum Gasteiger partial charge on any atom is 0.352 e. The van der Waals surface area contributed by atoms with E-state index < -0.39 is 17.2 Å². The summed E-state index contributed by atoms with van der Waals surface area (Å²) in [5.74, 6) is 0.852. The minimum atomic E-state index is -0.755. The highest BCUT2D eigenvalue weighted by molar-refractivity contribution is 5.91. The molecule has 4 aromatic rings. The summed E-state index contributed by atoms with van der Waals surface area (Å²) in [4.78, 5) is 40.1. The van der Waals surface area contributed by atoms with Crippen molar-refractivity contribution in [2.75, 3.05) is 6.79 Å². The van der Waals surface area contributed by atoms with Crippen molar-refractivity contribution in [2.24, 2.45) is 0 Å². The molecule has 2 heterocycles. The van der Waals surface area contributed by atoms with E-state index >= 15 is 0 Å². The molecule has 3 aromatic carbocycles. The summed E-state index contributed by atoms with van der Waals surface area (Å²) in [5.41, 5.74) is 2.33. The molecule has 0 saturated heterocycles. The van der Waals surface area contributed by atoms with Crippen LogP contribution < -0.4 is 26.0 Å². The molecule has 0 saturated carbocycles.